The number of carbonyl (C=O) groups excluding carboxylic acids is 1. The highest BCUT2D eigenvalue weighted by atomic mass is 16.2. The van der Waals surface area contributed by atoms with Crippen molar-refractivity contribution in [1.29, 1.82) is 0 Å². The number of nitrogens with zero attached hydrogens (tertiary/aromatic N) is 4. The fourth-order valence-corrected chi connectivity index (χ4v) is 3.02. The van der Waals surface area contributed by atoms with Crippen molar-refractivity contribution in [2.24, 2.45) is 0 Å². The topological polar surface area (TPSA) is 86.8 Å². The molecule has 0 saturated heterocycles. The molecule has 0 unspecified atom stereocenters. The molecule has 2 heterocycles. The Kier molecular flexibility index (Phi) is 4.72. The first-order valence-corrected chi connectivity index (χ1v) is 8.92. The number of amides is 1. The van der Waals surface area contributed by atoms with Gasteiger partial charge in [0.05, 0.1) is 11.7 Å². The van der Waals surface area contributed by atoms with Crippen molar-refractivity contribution in [3.8, 4) is 11.4 Å². The van der Waals surface area contributed by atoms with Gasteiger partial charge in [-0.05, 0) is 29.8 Å². The van der Waals surface area contributed by atoms with E-state index >= 15 is 0 Å². The summed E-state index contributed by atoms with van der Waals surface area (Å²) in [6.45, 7) is 0.618. The molecule has 7 nitrogen and oxygen atoms in total. The number of carbonyl (C=O) groups is 1. The molecule has 0 radical (unpaired) electrons. The van der Waals surface area contributed by atoms with Crippen molar-refractivity contribution in [2.75, 3.05) is 19.4 Å². The van der Waals surface area contributed by atoms with Gasteiger partial charge in [0.25, 0.3) is 5.91 Å². The van der Waals surface area contributed by atoms with Gasteiger partial charge in [0, 0.05) is 43.4 Å². The first kappa shape index (κ1) is 17.7. The molecular weight excluding hydrogens is 352 g/mol. The number of hydrogen-bond donors (Lipinski definition) is 2. The van der Waals surface area contributed by atoms with Gasteiger partial charge >= 0.3 is 0 Å². The van der Waals surface area contributed by atoms with E-state index in [9.17, 15) is 4.79 Å². The average Bonchev–Trinajstić information content (AvgIpc) is 3.21. The second-order valence-corrected chi connectivity index (χ2v) is 6.65. The second kappa shape index (κ2) is 7.48. The molecule has 0 fully saturated rings. The van der Waals surface area contributed by atoms with E-state index in [1.807, 2.05) is 42.6 Å². The van der Waals surface area contributed by atoms with E-state index in [4.69, 9.17) is 0 Å². The summed E-state index contributed by atoms with van der Waals surface area (Å²) in [7, 11) is 3.47. The van der Waals surface area contributed by atoms with E-state index < -0.39 is 0 Å². The van der Waals surface area contributed by atoms with Crippen LogP contribution in [0.1, 0.15) is 15.9 Å². The number of aromatic nitrogens is 4. The highest BCUT2D eigenvalue weighted by Gasteiger charge is 2.11. The molecule has 140 valence electrons. The maximum absolute atomic E-state index is 12.2. The Hall–Kier alpha value is -3.74. The molecule has 0 spiro atoms. The van der Waals surface area contributed by atoms with Gasteiger partial charge in [-0.25, -0.2) is 9.97 Å². The Morgan fingerprint density at radius 3 is 2.86 bits per heavy atom. The molecule has 2 aromatic heterocycles. The zero-order chi connectivity index (χ0) is 19.5. The van der Waals surface area contributed by atoms with Crippen LogP contribution in [0.3, 0.4) is 0 Å². The van der Waals surface area contributed by atoms with Gasteiger partial charge in [-0.1, -0.05) is 24.3 Å². The largest absolute Gasteiger partial charge is 0.366 e. The average molecular weight is 372 g/mol. The minimum atomic E-state index is -0.0515. The predicted octanol–water partition coefficient (Wildman–Crippen LogP) is 3.33. The Morgan fingerprint density at radius 1 is 1.14 bits per heavy atom. The van der Waals surface area contributed by atoms with Crippen LogP contribution >= 0.6 is 0 Å². The van der Waals surface area contributed by atoms with Crippen molar-refractivity contribution < 1.29 is 4.79 Å². The van der Waals surface area contributed by atoms with Gasteiger partial charge in [0.1, 0.15) is 5.82 Å². The molecule has 0 aliphatic carbocycles. The van der Waals surface area contributed by atoms with Crippen LogP contribution in [0.4, 0.5) is 5.82 Å². The number of aromatic amines is 1. The van der Waals surface area contributed by atoms with E-state index in [1.165, 1.54) is 0 Å². The lowest BCUT2D eigenvalue weighted by molar-refractivity contribution is 0.0827. The Balaban J connectivity index is 1.56. The fourth-order valence-electron chi connectivity index (χ4n) is 3.02. The van der Waals surface area contributed by atoms with Crippen LogP contribution in [0, 0.1) is 0 Å². The number of benzene rings is 2. The molecule has 2 N–H and O–H groups in total. The Bertz CT molecular complexity index is 1130. The number of anilines is 1. The SMILES string of the molecule is CN(C)C(=O)c1cccc(-c2nccc(NCc3cccc4[nH]ncc34)n2)c1. The van der Waals surface area contributed by atoms with Crippen LogP contribution in [0.2, 0.25) is 0 Å². The van der Waals surface area contributed by atoms with Crippen LogP contribution in [0.5, 0.6) is 0 Å². The van der Waals surface area contributed by atoms with Gasteiger partial charge in [-0.2, -0.15) is 5.10 Å². The molecule has 7 heteroatoms. The number of H-pyrrole nitrogens is 1. The molecule has 1 amide bonds. The lowest BCUT2D eigenvalue weighted by Gasteiger charge is -2.11. The molecule has 4 rings (SSSR count). The van der Waals surface area contributed by atoms with E-state index in [-0.39, 0.29) is 5.91 Å². The number of nitrogens with one attached hydrogen (secondary N) is 2. The number of hydrogen-bond acceptors (Lipinski definition) is 5. The van der Waals surface area contributed by atoms with E-state index in [0.717, 1.165) is 27.8 Å². The maximum Gasteiger partial charge on any atom is 0.253 e. The van der Waals surface area contributed by atoms with Crippen molar-refractivity contribution in [3.05, 3.63) is 72.1 Å². The summed E-state index contributed by atoms with van der Waals surface area (Å²) >= 11 is 0. The van der Waals surface area contributed by atoms with E-state index in [2.05, 4.69) is 31.5 Å². The van der Waals surface area contributed by atoms with Gasteiger partial charge in [-0.3, -0.25) is 9.89 Å². The van der Waals surface area contributed by atoms with Crippen LogP contribution in [-0.2, 0) is 6.54 Å². The summed E-state index contributed by atoms with van der Waals surface area (Å²) in [6.07, 6.45) is 3.54. The molecule has 0 bridgehead atoms. The molecule has 0 aliphatic heterocycles. The zero-order valence-electron chi connectivity index (χ0n) is 15.7. The van der Waals surface area contributed by atoms with Gasteiger partial charge < -0.3 is 10.2 Å². The van der Waals surface area contributed by atoms with Crippen LogP contribution in [0.15, 0.2) is 60.9 Å². The van der Waals surface area contributed by atoms with E-state index in [0.29, 0.717) is 17.9 Å². The van der Waals surface area contributed by atoms with Crippen LogP contribution < -0.4 is 5.32 Å². The summed E-state index contributed by atoms with van der Waals surface area (Å²) < 4.78 is 0. The number of fused-ring (bicyclic) bond motifs is 1. The third kappa shape index (κ3) is 3.55. The molecule has 0 saturated carbocycles. The summed E-state index contributed by atoms with van der Waals surface area (Å²) in [5.41, 5.74) is 3.54. The Labute approximate surface area is 162 Å². The lowest BCUT2D eigenvalue weighted by Crippen LogP contribution is -2.21. The minimum Gasteiger partial charge on any atom is -0.366 e. The highest BCUT2D eigenvalue weighted by molar-refractivity contribution is 5.95. The zero-order valence-corrected chi connectivity index (χ0v) is 15.7. The second-order valence-electron chi connectivity index (χ2n) is 6.65. The molecule has 0 aliphatic rings. The van der Waals surface area contributed by atoms with E-state index in [1.54, 1.807) is 31.3 Å². The molecule has 0 atom stereocenters. The third-order valence-corrected chi connectivity index (χ3v) is 4.46. The van der Waals surface area contributed by atoms with Crippen molar-refractivity contribution in [3.63, 3.8) is 0 Å². The Morgan fingerprint density at radius 2 is 2.00 bits per heavy atom. The van der Waals surface area contributed by atoms with Crippen molar-refractivity contribution in [1.82, 2.24) is 25.1 Å². The predicted molar refractivity (Wildman–Crippen MR) is 109 cm³/mol. The van der Waals surface area contributed by atoms with Gasteiger partial charge in [-0.15, -0.1) is 0 Å². The first-order valence-electron chi connectivity index (χ1n) is 8.92. The van der Waals surface area contributed by atoms with Gasteiger partial charge in [0.2, 0.25) is 0 Å². The van der Waals surface area contributed by atoms with Crippen LogP contribution in [-0.4, -0.2) is 45.1 Å². The summed E-state index contributed by atoms with van der Waals surface area (Å²) in [5.74, 6) is 1.24. The van der Waals surface area contributed by atoms with Crippen molar-refractivity contribution >= 4 is 22.6 Å². The fraction of sp³-hybridized carbons (Fsp3) is 0.143. The van der Waals surface area contributed by atoms with Crippen LogP contribution in [0.25, 0.3) is 22.3 Å². The molecule has 4 aromatic rings. The standard InChI is InChI=1S/C21H20N6O/c1-27(2)21(28)15-6-3-5-14(11-15)20-22-10-9-19(25-20)23-12-16-7-4-8-18-17(16)13-24-26-18/h3-11,13H,12H2,1-2H3,(H,24,26)(H,22,23,25). The maximum atomic E-state index is 12.2. The normalized spacial score (nSPS) is 10.8. The minimum absolute atomic E-state index is 0.0515. The monoisotopic (exact) mass is 372 g/mol. The molecular formula is C21H20N6O. The van der Waals surface area contributed by atoms with Gasteiger partial charge in [0.15, 0.2) is 5.82 Å². The summed E-state index contributed by atoms with van der Waals surface area (Å²) in [5, 5.41) is 11.5. The third-order valence-electron chi connectivity index (χ3n) is 4.46. The number of rotatable bonds is 5. The smallest absolute Gasteiger partial charge is 0.253 e. The molecule has 28 heavy (non-hydrogen) atoms. The quantitative estimate of drug-likeness (QED) is 0.561. The lowest BCUT2D eigenvalue weighted by atomic mass is 10.1. The summed E-state index contributed by atoms with van der Waals surface area (Å²) in [4.78, 5) is 22.7. The first-order chi connectivity index (χ1) is 13.6. The van der Waals surface area contributed by atoms with Crippen molar-refractivity contribution in [2.45, 2.75) is 6.54 Å². The summed E-state index contributed by atoms with van der Waals surface area (Å²) in [6, 6.07) is 15.2. The molecule has 2 aromatic carbocycles. The highest BCUT2D eigenvalue weighted by Crippen LogP contribution is 2.20.